The van der Waals surface area contributed by atoms with Crippen LogP contribution in [0.15, 0.2) is 0 Å². The summed E-state index contributed by atoms with van der Waals surface area (Å²) in [5.41, 5.74) is 5.32. The van der Waals surface area contributed by atoms with Crippen molar-refractivity contribution in [3.05, 3.63) is 0 Å². The van der Waals surface area contributed by atoms with Gasteiger partial charge in [-0.3, -0.25) is 14.4 Å². The zero-order chi connectivity index (χ0) is 18.3. The van der Waals surface area contributed by atoms with Gasteiger partial charge in [-0.15, -0.1) is 0 Å². The molecule has 0 aromatic rings. The molecule has 0 fully saturated rings. The summed E-state index contributed by atoms with van der Waals surface area (Å²) in [6.07, 6.45) is 0.996. The van der Waals surface area contributed by atoms with E-state index in [-0.39, 0.29) is 12.3 Å². The first-order valence-corrected chi connectivity index (χ1v) is 7.58. The molecule has 0 radical (unpaired) electrons. The van der Waals surface area contributed by atoms with Gasteiger partial charge in [-0.05, 0) is 18.8 Å². The lowest BCUT2D eigenvalue weighted by Gasteiger charge is -2.32. The molecule has 0 heterocycles. The first-order chi connectivity index (χ1) is 10.5. The number of carboxylic acid groups (broad SMARTS) is 1. The molecule has 0 aliphatic rings. The molecule has 0 spiro atoms. The fourth-order valence-corrected chi connectivity index (χ4v) is 2.23. The Morgan fingerprint density at radius 2 is 1.61 bits per heavy atom. The first kappa shape index (κ1) is 20.9. The summed E-state index contributed by atoms with van der Waals surface area (Å²) in [6, 6.07) is -2.59. The molecule has 0 saturated carbocycles. The highest BCUT2D eigenvalue weighted by molar-refractivity contribution is 6.05. The number of hydrogen-bond acceptors (Lipinski definition) is 4. The molecule has 3 amide bonds. The summed E-state index contributed by atoms with van der Waals surface area (Å²) < 4.78 is 0. The van der Waals surface area contributed by atoms with Gasteiger partial charge in [-0.1, -0.05) is 20.8 Å². The molecule has 0 aromatic heterocycles. The highest BCUT2D eigenvalue weighted by atomic mass is 16.4. The minimum absolute atomic E-state index is 0.0884. The lowest BCUT2D eigenvalue weighted by Crippen LogP contribution is -2.57. The van der Waals surface area contributed by atoms with Crippen molar-refractivity contribution in [3.63, 3.8) is 0 Å². The number of primary amides is 1. The van der Waals surface area contributed by atoms with Gasteiger partial charge in [0, 0.05) is 20.5 Å². The average molecular weight is 329 g/mol. The van der Waals surface area contributed by atoms with Crippen molar-refractivity contribution >= 4 is 23.7 Å². The topological polar surface area (TPSA) is 121 Å². The molecule has 8 nitrogen and oxygen atoms in total. The van der Waals surface area contributed by atoms with E-state index >= 15 is 0 Å². The maximum atomic E-state index is 12.5. The Labute approximate surface area is 136 Å². The Balaban J connectivity index is 5.40. The largest absolute Gasteiger partial charge is 0.479 e. The van der Waals surface area contributed by atoms with Gasteiger partial charge in [0.25, 0.3) is 5.91 Å². The third-order valence-electron chi connectivity index (χ3n) is 3.55. The molecule has 2 atom stereocenters. The van der Waals surface area contributed by atoms with Crippen LogP contribution in [0.4, 0.5) is 0 Å². The molecule has 1 unspecified atom stereocenters. The fraction of sp³-hybridized carbons (Fsp3) is 0.733. The second kappa shape index (κ2) is 9.12. The quantitative estimate of drug-likeness (QED) is 0.579. The number of nitrogens with zero attached hydrogens (tertiary/aromatic N) is 2. The minimum Gasteiger partial charge on any atom is -0.479 e. The predicted molar refractivity (Wildman–Crippen MR) is 84.3 cm³/mol. The van der Waals surface area contributed by atoms with E-state index in [2.05, 4.69) is 0 Å². The van der Waals surface area contributed by atoms with Crippen LogP contribution in [0.25, 0.3) is 0 Å². The Hall–Kier alpha value is -2.12. The molecule has 132 valence electrons. The van der Waals surface area contributed by atoms with E-state index in [4.69, 9.17) is 5.73 Å². The Kier molecular flexibility index (Phi) is 8.28. The summed E-state index contributed by atoms with van der Waals surface area (Å²) in [4.78, 5) is 49.4. The number of hydrogen-bond donors (Lipinski definition) is 2. The van der Waals surface area contributed by atoms with Crippen LogP contribution in [-0.4, -0.2) is 64.8 Å². The van der Waals surface area contributed by atoms with E-state index in [0.29, 0.717) is 12.8 Å². The second-order valence-electron chi connectivity index (χ2n) is 5.99. The smallest absolute Gasteiger partial charge is 0.336 e. The van der Waals surface area contributed by atoms with Crippen molar-refractivity contribution in [3.8, 4) is 0 Å². The maximum Gasteiger partial charge on any atom is 0.336 e. The van der Waals surface area contributed by atoms with Crippen LogP contribution >= 0.6 is 0 Å². The summed E-state index contributed by atoms with van der Waals surface area (Å²) in [6.45, 7) is 5.50. The van der Waals surface area contributed by atoms with Crippen molar-refractivity contribution in [2.75, 3.05) is 14.1 Å². The number of likely N-dealkylation sites (N-methyl/N-ethyl adjacent to an activating group) is 2. The third-order valence-corrected chi connectivity index (χ3v) is 3.55. The number of carbonyl (C=O) groups is 4. The summed E-state index contributed by atoms with van der Waals surface area (Å²) in [5, 5.41) is 9.32. The zero-order valence-corrected chi connectivity index (χ0v) is 14.4. The SMILES string of the molecule is CCCC(=O)N(C)C(C(=O)O)C(=O)N(C)[C@@H](CC(C)C)C(N)=O. The maximum absolute atomic E-state index is 12.5. The molecule has 3 N–H and O–H groups in total. The molecule has 0 bridgehead atoms. The number of aliphatic carboxylic acids is 1. The lowest BCUT2D eigenvalue weighted by molar-refractivity contribution is -0.159. The minimum atomic E-state index is -1.67. The van der Waals surface area contributed by atoms with Crippen molar-refractivity contribution in [1.82, 2.24) is 9.80 Å². The molecular weight excluding hydrogens is 302 g/mol. The normalized spacial score (nSPS) is 13.3. The van der Waals surface area contributed by atoms with Crippen molar-refractivity contribution in [2.24, 2.45) is 11.7 Å². The van der Waals surface area contributed by atoms with Gasteiger partial charge >= 0.3 is 5.97 Å². The summed E-state index contributed by atoms with van der Waals surface area (Å²) >= 11 is 0. The van der Waals surface area contributed by atoms with Crippen LogP contribution in [0.3, 0.4) is 0 Å². The van der Waals surface area contributed by atoms with Crippen molar-refractivity contribution < 1.29 is 24.3 Å². The van der Waals surface area contributed by atoms with Crippen LogP contribution in [0, 0.1) is 5.92 Å². The molecule has 0 rings (SSSR count). The lowest BCUT2D eigenvalue weighted by atomic mass is 10.0. The van der Waals surface area contributed by atoms with Crippen LogP contribution < -0.4 is 5.73 Å². The first-order valence-electron chi connectivity index (χ1n) is 7.58. The fourth-order valence-electron chi connectivity index (χ4n) is 2.23. The van der Waals surface area contributed by atoms with E-state index in [1.54, 1.807) is 6.92 Å². The molecule has 0 aromatic carbocycles. The van der Waals surface area contributed by atoms with E-state index in [0.717, 1.165) is 9.80 Å². The molecular formula is C15H27N3O5. The van der Waals surface area contributed by atoms with Crippen LogP contribution in [0.5, 0.6) is 0 Å². The van der Waals surface area contributed by atoms with Gasteiger partial charge in [0.15, 0.2) is 0 Å². The molecule has 0 aliphatic carbocycles. The highest BCUT2D eigenvalue weighted by Crippen LogP contribution is 2.14. The van der Waals surface area contributed by atoms with Gasteiger partial charge in [0.2, 0.25) is 17.9 Å². The standard InChI is InChI=1S/C15H27N3O5/c1-6-7-11(19)18(5)12(15(22)23)14(21)17(4)10(13(16)20)8-9(2)3/h9-10,12H,6-8H2,1-5H3,(H2,16,20)(H,22,23)/t10-,12?/m0/s1. The Bertz CT molecular complexity index is 464. The van der Waals surface area contributed by atoms with Gasteiger partial charge in [-0.25, -0.2) is 4.79 Å². The van der Waals surface area contributed by atoms with Gasteiger partial charge in [0.05, 0.1) is 0 Å². The Morgan fingerprint density at radius 3 is 1.96 bits per heavy atom. The number of nitrogens with two attached hydrogens (primary N) is 1. The predicted octanol–water partition coefficient (Wildman–Crippen LogP) is 0.0565. The number of amides is 3. The van der Waals surface area contributed by atoms with E-state index in [1.807, 2.05) is 13.8 Å². The third kappa shape index (κ3) is 5.88. The monoisotopic (exact) mass is 329 g/mol. The van der Waals surface area contributed by atoms with Crippen molar-refractivity contribution in [1.29, 1.82) is 0 Å². The van der Waals surface area contributed by atoms with Gasteiger partial charge in [0.1, 0.15) is 6.04 Å². The number of carboxylic acids is 1. The van der Waals surface area contributed by atoms with Crippen molar-refractivity contribution in [2.45, 2.75) is 52.1 Å². The van der Waals surface area contributed by atoms with Gasteiger partial charge < -0.3 is 20.6 Å². The average Bonchev–Trinajstić information content (AvgIpc) is 2.43. The molecule has 8 heteroatoms. The van der Waals surface area contributed by atoms with Gasteiger partial charge in [-0.2, -0.15) is 0 Å². The summed E-state index contributed by atoms with van der Waals surface area (Å²) in [5.74, 6) is -3.34. The second-order valence-corrected chi connectivity index (χ2v) is 5.99. The molecule has 0 aliphatic heterocycles. The number of carbonyl (C=O) groups excluding carboxylic acids is 3. The van der Waals surface area contributed by atoms with E-state index < -0.39 is 35.8 Å². The molecule has 23 heavy (non-hydrogen) atoms. The van der Waals surface area contributed by atoms with Crippen LogP contribution in [-0.2, 0) is 19.2 Å². The highest BCUT2D eigenvalue weighted by Gasteiger charge is 2.38. The Morgan fingerprint density at radius 1 is 1.09 bits per heavy atom. The van der Waals surface area contributed by atoms with Crippen LogP contribution in [0.2, 0.25) is 0 Å². The summed E-state index contributed by atoms with van der Waals surface area (Å²) in [7, 11) is 2.60. The zero-order valence-electron chi connectivity index (χ0n) is 14.4. The van der Waals surface area contributed by atoms with Crippen LogP contribution in [0.1, 0.15) is 40.0 Å². The van der Waals surface area contributed by atoms with E-state index in [9.17, 15) is 24.3 Å². The van der Waals surface area contributed by atoms with E-state index in [1.165, 1.54) is 14.1 Å². The molecule has 0 saturated heterocycles. The number of rotatable bonds is 9.